The molecule has 59 heavy (non-hydrogen) atoms. The molecule has 0 unspecified atom stereocenters. The average molecular weight is 756 g/mol. The van der Waals surface area contributed by atoms with Crippen LogP contribution >= 0.6 is 0 Å². The first kappa shape index (κ1) is 33.0. The molecule has 0 aliphatic carbocycles. The molecule has 6 heterocycles. The molecule has 0 fully saturated rings. The molecule has 6 aromatic carbocycles. The molecule has 8 nitrogen and oxygen atoms in total. The Labute approximate surface area is 336 Å². The SMILES string of the molecule is c1cnc2c(c1)cc(-c1ccc(-c3nc(-c4ccc(-c5cc6cccnc6c6ncccc56)cc4)nc(-c4ccc5oc6ccccc6c5c4)n3)cc1)c1cccnc12. The summed E-state index contributed by atoms with van der Waals surface area (Å²) in [5, 5.41) is 6.23. The third-order valence-electron chi connectivity index (χ3n) is 11.1. The van der Waals surface area contributed by atoms with Crippen LogP contribution < -0.4 is 0 Å². The van der Waals surface area contributed by atoms with E-state index in [1.807, 2.05) is 79.4 Å². The predicted molar refractivity (Wildman–Crippen MR) is 235 cm³/mol. The van der Waals surface area contributed by atoms with Gasteiger partial charge in [0.05, 0.1) is 22.1 Å². The smallest absolute Gasteiger partial charge is 0.164 e. The van der Waals surface area contributed by atoms with Crippen LogP contribution in [0.4, 0.5) is 0 Å². The van der Waals surface area contributed by atoms with Gasteiger partial charge in [-0.1, -0.05) is 91.0 Å². The van der Waals surface area contributed by atoms with E-state index in [1.165, 1.54) is 0 Å². The number of rotatable bonds is 5. The fraction of sp³-hybridized carbons (Fsp3) is 0. The third kappa shape index (κ3) is 5.49. The number of nitrogens with zero attached hydrogens (tertiary/aromatic N) is 7. The van der Waals surface area contributed by atoms with Gasteiger partial charge in [0.2, 0.25) is 0 Å². The van der Waals surface area contributed by atoms with Gasteiger partial charge >= 0.3 is 0 Å². The van der Waals surface area contributed by atoms with Gasteiger partial charge in [0.15, 0.2) is 17.5 Å². The molecular formula is C51H29N7O. The quantitative estimate of drug-likeness (QED) is 0.160. The molecule has 0 amide bonds. The number of para-hydroxylation sites is 1. The van der Waals surface area contributed by atoms with Gasteiger partial charge in [-0.3, -0.25) is 19.9 Å². The summed E-state index contributed by atoms with van der Waals surface area (Å²) in [4.78, 5) is 34.0. The van der Waals surface area contributed by atoms with Crippen molar-refractivity contribution in [1.82, 2.24) is 34.9 Å². The van der Waals surface area contributed by atoms with Crippen LogP contribution in [0.25, 0.3) is 122 Å². The first-order valence-corrected chi connectivity index (χ1v) is 19.4. The van der Waals surface area contributed by atoms with E-state index in [1.54, 1.807) is 0 Å². The Balaban J connectivity index is 0.988. The van der Waals surface area contributed by atoms with Crippen LogP contribution in [0.1, 0.15) is 0 Å². The van der Waals surface area contributed by atoms with Crippen LogP contribution in [-0.2, 0) is 0 Å². The van der Waals surface area contributed by atoms with Crippen molar-refractivity contribution in [2.24, 2.45) is 0 Å². The highest BCUT2D eigenvalue weighted by Crippen LogP contribution is 2.37. The minimum absolute atomic E-state index is 0.573. The van der Waals surface area contributed by atoms with Crippen LogP contribution in [0.15, 0.2) is 181 Å². The minimum Gasteiger partial charge on any atom is -0.456 e. The van der Waals surface area contributed by atoms with Gasteiger partial charge in [0.1, 0.15) is 11.2 Å². The highest BCUT2D eigenvalue weighted by molar-refractivity contribution is 6.11. The topological polar surface area (TPSA) is 103 Å². The lowest BCUT2D eigenvalue weighted by Crippen LogP contribution is -2.00. The van der Waals surface area contributed by atoms with Gasteiger partial charge in [-0.25, -0.2) is 15.0 Å². The summed E-state index contributed by atoms with van der Waals surface area (Å²) in [6.07, 6.45) is 7.27. The van der Waals surface area contributed by atoms with E-state index < -0.39 is 0 Å². The van der Waals surface area contributed by atoms with Crippen LogP contribution in [0.2, 0.25) is 0 Å². The van der Waals surface area contributed by atoms with E-state index >= 15 is 0 Å². The molecule has 0 spiro atoms. The van der Waals surface area contributed by atoms with Gasteiger partial charge < -0.3 is 4.42 Å². The summed E-state index contributed by atoms with van der Waals surface area (Å²) in [5.41, 5.74) is 12.1. The fourth-order valence-corrected chi connectivity index (χ4v) is 8.26. The third-order valence-corrected chi connectivity index (χ3v) is 11.1. The molecule has 0 saturated heterocycles. The van der Waals surface area contributed by atoms with Gasteiger partial charge in [0, 0.05) is 73.8 Å². The zero-order valence-electron chi connectivity index (χ0n) is 31.3. The number of aromatic nitrogens is 7. The van der Waals surface area contributed by atoms with Gasteiger partial charge in [-0.2, -0.15) is 0 Å². The van der Waals surface area contributed by atoms with Crippen molar-refractivity contribution < 1.29 is 4.42 Å². The van der Waals surface area contributed by atoms with Crippen LogP contribution in [0, 0.1) is 0 Å². The first-order valence-electron chi connectivity index (χ1n) is 19.4. The Hall–Kier alpha value is -8.23. The number of furan rings is 1. The molecule has 274 valence electrons. The lowest BCUT2D eigenvalue weighted by atomic mass is 9.96. The van der Waals surface area contributed by atoms with E-state index in [0.717, 1.165) is 104 Å². The Kier molecular flexibility index (Phi) is 7.36. The van der Waals surface area contributed by atoms with Gasteiger partial charge in [-0.15, -0.1) is 0 Å². The lowest BCUT2D eigenvalue weighted by Gasteiger charge is -2.12. The van der Waals surface area contributed by atoms with E-state index in [4.69, 9.17) is 29.3 Å². The van der Waals surface area contributed by atoms with Crippen LogP contribution in [0.3, 0.4) is 0 Å². The van der Waals surface area contributed by atoms with E-state index in [-0.39, 0.29) is 0 Å². The molecule has 6 aromatic heterocycles. The molecule has 8 heteroatoms. The van der Waals surface area contributed by atoms with Crippen molar-refractivity contribution in [1.29, 1.82) is 0 Å². The normalized spacial score (nSPS) is 11.7. The van der Waals surface area contributed by atoms with Crippen molar-refractivity contribution in [2.45, 2.75) is 0 Å². The molecular weight excluding hydrogens is 727 g/mol. The van der Waals surface area contributed by atoms with Crippen molar-refractivity contribution in [3.8, 4) is 56.4 Å². The van der Waals surface area contributed by atoms with Crippen molar-refractivity contribution in [3.05, 3.63) is 176 Å². The summed E-state index contributed by atoms with van der Waals surface area (Å²) >= 11 is 0. The number of fused-ring (bicyclic) bond motifs is 9. The molecule has 0 aliphatic heterocycles. The van der Waals surface area contributed by atoms with Crippen LogP contribution in [0.5, 0.6) is 0 Å². The molecule has 12 aromatic rings. The number of hydrogen-bond acceptors (Lipinski definition) is 8. The first-order chi connectivity index (χ1) is 29.2. The monoisotopic (exact) mass is 755 g/mol. The van der Waals surface area contributed by atoms with E-state index in [0.29, 0.717) is 17.5 Å². The summed E-state index contributed by atoms with van der Waals surface area (Å²) in [6.45, 7) is 0. The standard InChI is InChI=1S/C51H29N7O/c1-2-12-43-37(9-1)42-29-36(21-22-44(42)59-43)51-57-49(32-17-13-30(14-18-32)40-27-34-7-3-23-52-45(34)47-38(40)10-5-25-54-47)56-50(58-51)33-19-15-31(16-20-33)41-28-35-8-4-24-53-46(35)48-39(41)11-6-26-55-48/h1-29H. The molecule has 0 bridgehead atoms. The number of benzene rings is 6. The van der Waals surface area contributed by atoms with Crippen molar-refractivity contribution >= 4 is 65.6 Å². The fourth-order valence-electron chi connectivity index (χ4n) is 8.26. The minimum atomic E-state index is 0.573. The Morgan fingerprint density at radius 3 is 1.29 bits per heavy atom. The molecule has 0 saturated carbocycles. The summed E-state index contributed by atoms with van der Waals surface area (Å²) in [5.74, 6) is 1.72. The van der Waals surface area contributed by atoms with Gasteiger partial charge in [-0.05, 0) is 82.9 Å². The van der Waals surface area contributed by atoms with Crippen molar-refractivity contribution in [3.63, 3.8) is 0 Å². The second kappa shape index (κ2) is 13.2. The maximum absolute atomic E-state index is 6.16. The second-order valence-electron chi connectivity index (χ2n) is 14.6. The second-order valence-corrected chi connectivity index (χ2v) is 14.6. The summed E-state index contributed by atoms with van der Waals surface area (Å²) in [6, 6.07) is 51.6. The maximum atomic E-state index is 6.16. The van der Waals surface area contributed by atoms with E-state index in [9.17, 15) is 0 Å². The molecule has 0 radical (unpaired) electrons. The van der Waals surface area contributed by atoms with Crippen LogP contribution in [-0.4, -0.2) is 34.9 Å². The molecule has 0 atom stereocenters. The molecule has 0 aliphatic rings. The maximum Gasteiger partial charge on any atom is 0.164 e. The summed E-state index contributed by atoms with van der Waals surface area (Å²) < 4.78 is 6.16. The highest BCUT2D eigenvalue weighted by atomic mass is 16.3. The Morgan fingerprint density at radius 1 is 0.305 bits per heavy atom. The zero-order valence-corrected chi connectivity index (χ0v) is 31.3. The number of hydrogen-bond donors (Lipinski definition) is 0. The Bertz CT molecular complexity index is 3440. The summed E-state index contributed by atoms with van der Waals surface area (Å²) in [7, 11) is 0. The van der Waals surface area contributed by atoms with E-state index in [2.05, 4.69) is 107 Å². The van der Waals surface area contributed by atoms with Crippen molar-refractivity contribution in [2.75, 3.05) is 0 Å². The predicted octanol–water partition coefficient (Wildman–Crippen LogP) is 12.3. The lowest BCUT2D eigenvalue weighted by molar-refractivity contribution is 0.669. The molecule has 12 rings (SSSR count). The highest BCUT2D eigenvalue weighted by Gasteiger charge is 2.17. The Morgan fingerprint density at radius 2 is 0.729 bits per heavy atom. The number of pyridine rings is 4. The van der Waals surface area contributed by atoms with Gasteiger partial charge in [0.25, 0.3) is 0 Å². The largest absolute Gasteiger partial charge is 0.456 e. The average Bonchev–Trinajstić information content (AvgIpc) is 3.69. The molecule has 0 N–H and O–H groups in total. The zero-order chi connectivity index (χ0) is 38.9.